The van der Waals surface area contributed by atoms with E-state index in [1.54, 1.807) is 7.11 Å². The van der Waals surface area contributed by atoms with E-state index in [2.05, 4.69) is 19.2 Å². The van der Waals surface area contributed by atoms with Crippen LogP contribution in [0.3, 0.4) is 0 Å². The molecule has 0 radical (unpaired) electrons. The number of hydrogen-bond acceptors (Lipinski definition) is 3. The second kappa shape index (κ2) is 8.91. The van der Waals surface area contributed by atoms with Crippen LogP contribution in [0, 0.1) is 12.8 Å². The van der Waals surface area contributed by atoms with Gasteiger partial charge in [-0.3, -0.25) is 9.20 Å². The van der Waals surface area contributed by atoms with E-state index in [-0.39, 0.29) is 11.8 Å². The number of carbonyl (C=O) groups is 1. The van der Waals surface area contributed by atoms with Gasteiger partial charge in [0, 0.05) is 17.7 Å². The number of ether oxygens (including phenoxy) is 1. The van der Waals surface area contributed by atoms with Crippen molar-refractivity contribution in [3.63, 3.8) is 0 Å². The van der Waals surface area contributed by atoms with Crippen molar-refractivity contribution in [1.82, 2.24) is 9.38 Å². The number of nitrogens with one attached hydrogen (secondary N) is 1. The predicted octanol–water partition coefficient (Wildman–Crippen LogP) is 5.47. The van der Waals surface area contributed by atoms with E-state index in [1.165, 1.54) is 0 Å². The fourth-order valence-electron chi connectivity index (χ4n) is 3.48. The van der Waals surface area contributed by atoms with Crippen molar-refractivity contribution in [3.8, 4) is 17.0 Å². The van der Waals surface area contributed by atoms with Crippen molar-refractivity contribution < 1.29 is 9.53 Å². The van der Waals surface area contributed by atoms with E-state index < -0.39 is 0 Å². The van der Waals surface area contributed by atoms with E-state index >= 15 is 0 Å². The molecule has 0 fully saturated rings. The summed E-state index contributed by atoms with van der Waals surface area (Å²) in [5.74, 6) is 1.48. The zero-order valence-corrected chi connectivity index (χ0v) is 17.2. The first-order valence-electron chi connectivity index (χ1n) is 10.0. The number of aryl methyl sites for hydroxylation is 1. The third-order valence-electron chi connectivity index (χ3n) is 5.16. The first-order chi connectivity index (χ1) is 13.6. The maximum Gasteiger partial charge on any atom is 0.228 e. The molecule has 0 spiro atoms. The summed E-state index contributed by atoms with van der Waals surface area (Å²) in [7, 11) is 1.65. The van der Waals surface area contributed by atoms with Crippen LogP contribution in [-0.2, 0) is 4.79 Å². The minimum absolute atomic E-state index is 0.00136. The van der Waals surface area contributed by atoms with Gasteiger partial charge in [-0.2, -0.15) is 0 Å². The van der Waals surface area contributed by atoms with Crippen LogP contribution < -0.4 is 10.1 Å². The number of methoxy groups -OCH3 is 1. The van der Waals surface area contributed by atoms with Gasteiger partial charge in [-0.15, -0.1) is 0 Å². The molecule has 3 rings (SSSR count). The Kier molecular flexibility index (Phi) is 6.34. The lowest BCUT2D eigenvalue weighted by Gasteiger charge is -2.16. The number of aromatic nitrogens is 2. The summed E-state index contributed by atoms with van der Waals surface area (Å²) in [5, 5.41) is 3.17. The Labute approximate surface area is 166 Å². The summed E-state index contributed by atoms with van der Waals surface area (Å²) in [6.45, 7) is 6.25. The molecule has 0 unspecified atom stereocenters. The van der Waals surface area contributed by atoms with Gasteiger partial charge in [-0.05, 0) is 49.6 Å². The van der Waals surface area contributed by atoms with Crippen molar-refractivity contribution in [3.05, 3.63) is 48.2 Å². The smallest absolute Gasteiger partial charge is 0.228 e. The van der Waals surface area contributed by atoms with Crippen LogP contribution in [0.4, 0.5) is 5.82 Å². The van der Waals surface area contributed by atoms with Gasteiger partial charge < -0.3 is 10.1 Å². The number of rotatable bonds is 8. The van der Waals surface area contributed by atoms with Crippen LogP contribution in [-0.4, -0.2) is 22.4 Å². The predicted molar refractivity (Wildman–Crippen MR) is 114 cm³/mol. The minimum Gasteiger partial charge on any atom is -0.496 e. The summed E-state index contributed by atoms with van der Waals surface area (Å²) in [4.78, 5) is 17.8. The average Bonchev–Trinajstić information content (AvgIpc) is 3.05. The number of hydrogen-bond donors (Lipinski definition) is 1. The van der Waals surface area contributed by atoms with Crippen molar-refractivity contribution in [2.24, 2.45) is 5.92 Å². The van der Waals surface area contributed by atoms with Crippen LogP contribution in [0.5, 0.6) is 5.75 Å². The molecule has 1 N–H and O–H groups in total. The van der Waals surface area contributed by atoms with Crippen molar-refractivity contribution >= 4 is 17.4 Å². The van der Waals surface area contributed by atoms with Crippen LogP contribution in [0.25, 0.3) is 16.9 Å². The molecule has 2 aromatic heterocycles. The van der Waals surface area contributed by atoms with Gasteiger partial charge in [0.1, 0.15) is 22.9 Å². The highest BCUT2D eigenvalue weighted by atomic mass is 16.5. The lowest BCUT2D eigenvalue weighted by atomic mass is 9.98. The Hall–Kier alpha value is -2.82. The van der Waals surface area contributed by atoms with Gasteiger partial charge in [0.15, 0.2) is 0 Å². The normalized spacial score (nSPS) is 12.1. The molecule has 0 saturated heterocycles. The molecule has 0 aliphatic carbocycles. The number of fused-ring (bicyclic) bond motifs is 1. The zero-order valence-electron chi connectivity index (χ0n) is 17.2. The third kappa shape index (κ3) is 4.03. The molecule has 148 valence electrons. The first-order valence-corrected chi connectivity index (χ1v) is 10.0. The number of unbranched alkanes of at least 4 members (excludes halogenated alkanes) is 1. The lowest BCUT2D eigenvalue weighted by Crippen LogP contribution is -2.23. The number of benzene rings is 1. The Morgan fingerprint density at radius 3 is 2.75 bits per heavy atom. The summed E-state index contributed by atoms with van der Waals surface area (Å²) < 4.78 is 7.48. The third-order valence-corrected chi connectivity index (χ3v) is 5.16. The fourth-order valence-corrected chi connectivity index (χ4v) is 3.48. The second-order valence-corrected chi connectivity index (χ2v) is 7.18. The van der Waals surface area contributed by atoms with Gasteiger partial charge in [0.2, 0.25) is 5.91 Å². The Balaban J connectivity index is 2.08. The van der Waals surface area contributed by atoms with Crippen molar-refractivity contribution in [1.29, 1.82) is 0 Å². The molecule has 5 heteroatoms. The Bertz CT molecular complexity index is 962. The van der Waals surface area contributed by atoms with Gasteiger partial charge in [-0.25, -0.2) is 4.98 Å². The molecule has 1 atom stereocenters. The molecule has 0 aliphatic rings. The topological polar surface area (TPSA) is 55.6 Å². The molecular formula is C23H29N3O2. The number of imidazole rings is 1. The molecule has 0 aliphatic heterocycles. The summed E-state index contributed by atoms with van der Waals surface area (Å²) in [5.41, 5.74) is 3.51. The molecular weight excluding hydrogens is 350 g/mol. The summed E-state index contributed by atoms with van der Waals surface area (Å²) in [6, 6.07) is 11.8. The Morgan fingerprint density at radius 2 is 2.04 bits per heavy atom. The van der Waals surface area contributed by atoms with E-state index in [1.807, 2.05) is 53.9 Å². The standard InChI is InChI=1S/C23H29N3O2/c1-5-7-10-17(6-2)23(27)25-22-21(18-11-8-9-12-19(18)28-4)24-20-15-16(3)13-14-26(20)22/h8-9,11-15,17H,5-7,10H2,1-4H3,(H,25,27)/t17-/m0/s1. The molecule has 0 bridgehead atoms. The van der Waals surface area contributed by atoms with Gasteiger partial charge in [-0.1, -0.05) is 38.8 Å². The van der Waals surface area contributed by atoms with Gasteiger partial charge in [0.05, 0.1) is 7.11 Å². The molecule has 1 aromatic carbocycles. The first kappa shape index (κ1) is 19.9. The second-order valence-electron chi connectivity index (χ2n) is 7.18. The minimum atomic E-state index is 0.00136. The monoisotopic (exact) mass is 379 g/mol. The van der Waals surface area contributed by atoms with Crippen LogP contribution in [0.15, 0.2) is 42.6 Å². The number of para-hydroxylation sites is 1. The van der Waals surface area contributed by atoms with E-state index in [4.69, 9.17) is 9.72 Å². The summed E-state index contributed by atoms with van der Waals surface area (Å²) in [6.07, 6.45) is 5.83. The number of nitrogens with zero attached hydrogens (tertiary/aromatic N) is 2. The maximum absolute atomic E-state index is 13.0. The molecule has 0 saturated carbocycles. The van der Waals surface area contributed by atoms with Crippen LogP contribution in [0.2, 0.25) is 0 Å². The maximum atomic E-state index is 13.0. The van der Waals surface area contributed by atoms with Crippen LogP contribution >= 0.6 is 0 Å². The molecule has 2 heterocycles. The number of pyridine rings is 1. The van der Waals surface area contributed by atoms with E-state index in [0.29, 0.717) is 5.82 Å². The fraction of sp³-hybridized carbons (Fsp3) is 0.391. The quantitative estimate of drug-likeness (QED) is 0.564. The SMILES string of the molecule is CCCC[C@H](CC)C(=O)Nc1c(-c2ccccc2OC)nc2cc(C)ccn12. The van der Waals surface area contributed by atoms with E-state index in [9.17, 15) is 4.79 Å². The average molecular weight is 380 g/mol. The molecule has 1 amide bonds. The largest absolute Gasteiger partial charge is 0.496 e. The highest BCUT2D eigenvalue weighted by Crippen LogP contribution is 2.35. The molecule has 28 heavy (non-hydrogen) atoms. The van der Waals surface area contributed by atoms with E-state index in [0.717, 1.165) is 53.9 Å². The van der Waals surface area contributed by atoms with Crippen LogP contribution in [0.1, 0.15) is 45.1 Å². The number of anilines is 1. The Morgan fingerprint density at radius 1 is 1.25 bits per heavy atom. The van der Waals surface area contributed by atoms with Crippen molar-refractivity contribution in [2.75, 3.05) is 12.4 Å². The molecule has 5 nitrogen and oxygen atoms in total. The highest BCUT2D eigenvalue weighted by Gasteiger charge is 2.22. The number of amides is 1. The van der Waals surface area contributed by atoms with Gasteiger partial charge in [0.25, 0.3) is 0 Å². The lowest BCUT2D eigenvalue weighted by molar-refractivity contribution is -0.120. The molecule has 3 aromatic rings. The van der Waals surface area contributed by atoms with Crippen molar-refractivity contribution in [2.45, 2.75) is 46.5 Å². The zero-order chi connectivity index (χ0) is 20.1. The van der Waals surface area contributed by atoms with Gasteiger partial charge >= 0.3 is 0 Å². The highest BCUT2D eigenvalue weighted by molar-refractivity contribution is 5.96. The number of carbonyl (C=O) groups excluding carboxylic acids is 1. The summed E-state index contributed by atoms with van der Waals surface area (Å²) >= 11 is 0.